The average molecular weight is 716 g/mol. The van der Waals surface area contributed by atoms with E-state index in [1.807, 2.05) is 77.7 Å². The molecule has 0 saturated heterocycles. The van der Waals surface area contributed by atoms with E-state index in [9.17, 15) is 14.4 Å². The second-order valence-electron chi connectivity index (χ2n) is 14.3. The molecule has 3 aromatic rings. The van der Waals surface area contributed by atoms with Crippen molar-refractivity contribution in [3.8, 4) is 11.5 Å². The summed E-state index contributed by atoms with van der Waals surface area (Å²) < 4.78 is 28.9. The minimum Gasteiger partial charge on any atom is -0.489 e. The van der Waals surface area contributed by atoms with Crippen LogP contribution in [0.5, 0.6) is 11.5 Å². The predicted molar refractivity (Wildman–Crippen MR) is 201 cm³/mol. The summed E-state index contributed by atoms with van der Waals surface area (Å²) in [6, 6.07) is 23.2. The lowest BCUT2D eigenvalue weighted by atomic mass is 9.88. The zero-order valence-corrected chi connectivity index (χ0v) is 32.1. The Bertz CT molecular complexity index is 1630. The first kappa shape index (κ1) is 39.4. The summed E-state index contributed by atoms with van der Waals surface area (Å²) in [4.78, 5) is 39.9. The number of carbonyl (C=O) groups is 3. The number of carbonyl (C=O) groups excluding carboxylic acids is 3. The molecule has 0 fully saturated rings. The normalized spacial score (nSPS) is 15.6. The molecule has 9 nitrogen and oxygen atoms in total. The van der Waals surface area contributed by atoms with E-state index in [0.29, 0.717) is 44.2 Å². The highest BCUT2D eigenvalue weighted by molar-refractivity contribution is 6.74. The molecule has 4 rings (SSSR count). The van der Waals surface area contributed by atoms with Gasteiger partial charge in [-0.2, -0.15) is 0 Å². The third-order valence-corrected chi connectivity index (χ3v) is 14.1. The van der Waals surface area contributed by atoms with Crippen molar-refractivity contribution in [2.24, 2.45) is 0 Å². The molecule has 10 heteroatoms. The monoisotopic (exact) mass is 715 g/mol. The average Bonchev–Trinajstić information content (AvgIpc) is 3.49. The maximum Gasteiger partial charge on any atom is 0.330 e. The number of rotatable bonds is 17. The molecule has 0 N–H and O–H groups in total. The molecule has 1 aliphatic rings. The molecule has 0 aliphatic carbocycles. The highest BCUT2D eigenvalue weighted by Gasteiger charge is 2.42. The first-order valence-electron chi connectivity index (χ1n) is 17.7. The van der Waals surface area contributed by atoms with E-state index in [1.165, 1.54) is 20.1 Å². The molecule has 0 unspecified atom stereocenters. The second kappa shape index (κ2) is 18.2. The van der Waals surface area contributed by atoms with Crippen molar-refractivity contribution in [3.05, 3.63) is 101 Å². The first-order valence-corrected chi connectivity index (χ1v) is 20.6. The zero-order chi connectivity index (χ0) is 37.0. The lowest BCUT2D eigenvalue weighted by molar-refractivity contribution is -0.141. The van der Waals surface area contributed by atoms with Crippen LogP contribution in [0.3, 0.4) is 0 Å². The third-order valence-electron chi connectivity index (χ3n) is 9.54. The standard InChI is InChI=1S/C41H53NO8Si/c1-30(43)47-26-13-25-42(24-11-12-27-49-51(6,7)41(2,3)4)40(45)38-35-28-31(17-23-37(44)46-5)16-22-36(35)50-39(38)33-18-20-34(21-19-33)48-29-32-14-9-8-10-15-32/h8-10,14-23,28,38-39H,11-13,24-27,29H2,1-7H3/b23-17+/t38-,39+/m1/s1. The van der Waals surface area contributed by atoms with Crippen LogP contribution in [0.15, 0.2) is 78.9 Å². The number of hydrogen-bond donors (Lipinski definition) is 0. The number of ether oxygens (including phenoxy) is 4. The highest BCUT2D eigenvalue weighted by atomic mass is 28.4. The van der Waals surface area contributed by atoms with Gasteiger partial charge in [-0.1, -0.05) is 69.3 Å². The maximum absolute atomic E-state index is 14.7. The minimum atomic E-state index is -1.89. The number of unbranched alkanes of at least 4 members (excludes halogenated alkanes) is 1. The van der Waals surface area contributed by atoms with Crippen molar-refractivity contribution in [1.29, 1.82) is 0 Å². The van der Waals surface area contributed by atoms with Crippen LogP contribution in [0.25, 0.3) is 6.08 Å². The topological polar surface area (TPSA) is 101 Å². The second-order valence-corrected chi connectivity index (χ2v) is 19.2. The molecule has 0 aromatic heterocycles. The zero-order valence-electron chi connectivity index (χ0n) is 31.1. The van der Waals surface area contributed by atoms with Crippen LogP contribution in [0.4, 0.5) is 0 Å². The van der Waals surface area contributed by atoms with Crippen LogP contribution in [-0.2, 0) is 34.9 Å². The van der Waals surface area contributed by atoms with Gasteiger partial charge in [-0.25, -0.2) is 4.79 Å². The van der Waals surface area contributed by atoms with Gasteiger partial charge < -0.3 is 28.3 Å². The molecule has 274 valence electrons. The number of amides is 1. The number of hydrogen-bond acceptors (Lipinski definition) is 8. The summed E-state index contributed by atoms with van der Waals surface area (Å²) >= 11 is 0. The summed E-state index contributed by atoms with van der Waals surface area (Å²) in [6.07, 6.45) is 4.51. The molecule has 1 aliphatic heterocycles. The Morgan fingerprint density at radius 1 is 0.902 bits per heavy atom. The van der Waals surface area contributed by atoms with Crippen LogP contribution in [0.1, 0.15) is 81.2 Å². The number of esters is 2. The molecule has 0 saturated carbocycles. The molecule has 1 amide bonds. The minimum absolute atomic E-state index is 0.0783. The lowest BCUT2D eigenvalue weighted by Crippen LogP contribution is -2.41. The summed E-state index contributed by atoms with van der Waals surface area (Å²) in [5, 5.41) is 0.119. The van der Waals surface area contributed by atoms with Gasteiger partial charge in [-0.3, -0.25) is 9.59 Å². The molecule has 0 bridgehead atoms. The largest absolute Gasteiger partial charge is 0.489 e. The van der Waals surface area contributed by atoms with E-state index in [4.69, 9.17) is 23.4 Å². The van der Waals surface area contributed by atoms with E-state index in [2.05, 4.69) is 33.9 Å². The van der Waals surface area contributed by atoms with Crippen molar-refractivity contribution < 1.29 is 37.8 Å². The Kier molecular flexibility index (Phi) is 14.0. The SMILES string of the molecule is COC(=O)/C=C/c1ccc2c(c1)[C@@H](C(=O)N(CCCCO[Si](C)(C)C(C)(C)C)CCCOC(C)=O)[C@H](c1ccc(OCc3ccccc3)cc1)O2. The van der Waals surface area contributed by atoms with Gasteiger partial charge in [0.2, 0.25) is 5.91 Å². The quantitative estimate of drug-likeness (QED) is 0.0596. The molecule has 51 heavy (non-hydrogen) atoms. The number of nitrogens with zero attached hydrogens (tertiary/aromatic N) is 1. The maximum atomic E-state index is 14.7. The van der Waals surface area contributed by atoms with Gasteiger partial charge >= 0.3 is 11.9 Å². The summed E-state index contributed by atoms with van der Waals surface area (Å²) in [6.45, 7) is 14.8. The van der Waals surface area contributed by atoms with Gasteiger partial charge in [0.05, 0.1) is 13.7 Å². The first-order chi connectivity index (χ1) is 24.3. The van der Waals surface area contributed by atoms with Crippen molar-refractivity contribution >= 4 is 32.2 Å². The molecular formula is C41H53NO8Si. The molecule has 0 radical (unpaired) electrons. The van der Waals surface area contributed by atoms with Gasteiger partial charge in [-0.05, 0) is 84.4 Å². The highest BCUT2D eigenvalue weighted by Crippen LogP contribution is 2.48. The third kappa shape index (κ3) is 11.3. The Hall–Kier alpha value is -4.41. The van der Waals surface area contributed by atoms with E-state index in [1.54, 1.807) is 6.08 Å². The fourth-order valence-corrected chi connectivity index (χ4v) is 6.68. The van der Waals surface area contributed by atoms with E-state index in [-0.39, 0.29) is 23.5 Å². The molecule has 0 spiro atoms. The fraction of sp³-hybridized carbons (Fsp3) is 0.439. The predicted octanol–water partition coefficient (Wildman–Crippen LogP) is 8.25. The fourth-order valence-electron chi connectivity index (χ4n) is 5.59. The van der Waals surface area contributed by atoms with Crippen LogP contribution in [-0.4, -0.2) is 64.5 Å². The van der Waals surface area contributed by atoms with E-state index < -0.39 is 26.3 Å². The molecular weight excluding hydrogens is 663 g/mol. The van der Waals surface area contributed by atoms with Crippen molar-refractivity contribution in [2.75, 3.05) is 33.4 Å². The van der Waals surface area contributed by atoms with Crippen molar-refractivity contribution in [3.63, 3.8) is 0 Å². The lowest BCUT2D eigenvalue weighted by Gasteiger charge is -2.36. The van der Waals surface area contributed by atoms with Gasteiger partial charge in [0.15, 0.2) is 8.32 Å². The van der Waals surface area contributed by atoms with Crippen molar-refractivity contribution in [2.45, 2.75) is 83.7 Å². The van der Waals surface area contributed by atoms with E-state index in [0.717, 1.165) is 35.1 Å². The summed E-state index contributed by atoms with van der Waals surface area (Å²) in [7, 11) is -0.557. The number of fused-ring (bicyclic) bond motifs is 1. The van der Waals surface area contributed by atoms with Crippen LogP contribution < -0.4 is 9.47 Å². The van der Waals surface area contributed by atoms with Crippen LogP contribution >= 0.6 is 0 Å². The Labute approximate surface area is 304 Å². The Morgan fingerprint density at radius 3 is 2.27 bits per heavy atom. The van der Waals surface area contributed by atoms with Crippen molar-refractivity contribution in [1.82, 2.24) is 4.90 Å². The summed E-state index contributed by atoms with van der Waals surface area (Å²) in [5.41, 5.74) is 3.40. The van der Waals surface area contributed by atoms with Gasteiger partial charge in [-0.15, -0.1) is 0 Å². The van der Waals surface area contributed by atoms with Gasteiger partial charge in [0, 0.05) is 38.3 Å². The van der Waals surface area contributed by atoms with Crippen LogP contribution in [0.2, 0.25) is 18.1 Å². The summed E-state index contributed by atoms with van der Waals surface area (Å²) in [5.74, 6) is -0.227. The van der Waals surface area contributed by atoms with Gasteiger partial charge in [0.1, 0.15) is 30.1 Å². The molecule has 2 atom stereocenters. The Morgan fingerprint density at radius 2 is 1.61 bits per heavy atom. The molecule has 1 heterocycles. The Balaban J connectivity index is 1.58. The number of methoxy groups -OCH3 is 1. The smallest absolute Gasteiger partial charge is 0.330 e. The molecule has 3 aromatic carbocycles. The van der Waals surface area contributed by atoms with Gasteiger partial charge in [0.25, 0.3) is 0 Å². The number of benzene rings is 3. The van der Waals surface area contributed by atoms with E-state index >= 15 is 0 Å². The van der Waals surface area contributed by atoms with Crippen LogP contribution in [0, 0.1) is 0 Å².